The molecule has 0 atom stereocenters. The van der Waals surface area contributed by atoms with E-state index >= 15 is 0 Å². The summed E-state index contributed by atoms with van der Waals surface area (Å²) in [7, 11) is 3.68. The van der Waals surface area contributed by atoms with Gasteiger partial charge in [0.25, 0.3) is 0 Å². The molecular weight excluding hydrogens is 202 g/mol. The first-order valence-corrected chi connectivity index (χ1v) is 4.77. The van der Waals surface area contributed by atoms with E-state index in [0.717, 1.165) is 6.29 Å². The molecule has 0 saturated carbocycles. The van der Waals surface area contributed by atoms with Crippen molar-refractivity contribution in [2.75, 3.05) is 0 Å². The van der Waals surface area contributed by atoms with Crippen LogP contribution in [-0.2, 0) is 14.1 Å². The summed E-state index contributed by atoms with van der Waals surface area (Å²) in [6.45, 7) is 0. The molecule has 0 amide bonds. The minimum absolute atomic E-state index is 0.502. The molecule has 0 bridgehead atoms. The van der Waals surface area contributed by atoms with Gasteiger partial charge in [0, 0.05) is 26.5 Å². The molecule has 4 heteroatoms. The Bertz CT molecular complexity index is 489. The van der Waals surface area contributed by atoms with Crippen molar-refractivity contribution in [1.82, 2.24) is 9.13 Å². The monoisotopic (exact) mass is 215 g/mol. The fourth-order valence-corrected chi connectivity index (χ4v) is 1.18. The third-order valence-electron chi connectivity index (χ3n) is 2.15. The van der Waals surface area contributed by atoms with E-state index in [4.69, 9.17) is 5.26 Å². The zero-order valence-corrected chi connectivity index (χ0v) is 9.29. The molecule has 82 valence electrons. The summed E-state index contributed by atoms with van der Waals surface area (Å²) in [5.41, 5.74) is 1.03. The Morgan fingerprint density at radius 3 is 2.12 bits per heavy atom. The van der Waals surface area contributed by atoms with Gasteiger partial charge in [-0.25, -0.2) is 0 Å². The van der Waals surface area contributed by atoms with Crippen LogP contribution in [0.15, 0.2) is 36.7 Å². The zero-order valence-electron chi connectivity index (χ0n) is 9.29. The number of aldehydes is 1. The number of hydrogen-bond acceptors (Lipinski definition) is 2. The van der Waals surface area contributed by atoms with Gasteiger partial charge in [-0.2, -0.15) is 5.26 Å². The Kier molecular flexibility index (Phi) is 4.10. The lowest BCUT2D eigenvalue weighted by Crippen LogP contribution is -1.96. The van der Waals surface area contributed by atoms with Crippen molar-refractivity contribution >= 4 is 6.29 Å². The Morgan fingerprint density at radius 1 is 1.25 bits per heavy atom. The predicted molar refractivity (Wildman–Crippen MR) is 60.9 cm³/mol. The summed E-state index contributed by atoms with van der Waals surface area (Å²) >= 11 is 0. The quantitative estimate of drug-likeness (QED) is 0.680. The summed E-state index contributed by atoms with van der Waals surface area (Å²) in [5, 5.41) is 8.44. The number of hydrogen-bond donors (Lipinski definition) is 0. The molecule has 2 aromatic heterocycles. The van der Waals surface area contributed by atoms with Gasteiger partial charge in [-0.15, -0.1) is 0 Å². The number of carbonyl (C=O) groups is 1. The highest BCUT2D eigenvalue weighted by molar-refractivity contribution is 5.73. The van der Waals surface area contributed by atoms with Gasteiger partial charge >= 0.3 is 0 Å². The molecule has 0 aliphatic rings. The van der Waals surface area contributed by atoms with Crippen molar-refractivity contribution in [1.29, 1.82) is 5.26 Å². The molecule has 0 aromatic carbocycles. The number of rotatable bonds is 1. The molecule has 0 radical (unpaired) electrons. The first kappa shape index (κ1) is 11.8. The number of nitriles is 1. The van der Waals surface area contributed by atoms with Gasteiger partial charge in [-0.05, 0) is 24.3 Å². The molecule has 16 heavy (non-hydrogen) atoms. The Balaban J connectivity index is 0.000000181. The molecule has 4 nitrogen and oxygen atoms in total. The van der Waals surface area contributed by atoms with Gasteiger partial charge in [-0.3, -0.25) is 4.79 Å². The predicted octanol–water partition coefficient (Wildman–Crippen LogP) is 1.73. The van der Waals surface area contributed by atoms with Gasteiger partial charge in [0.2, 0.25) is 0 Å². The molecule has 0 N–H and O–H groups in total. The summed E-state index contributed by atoms with van der Waals surface area (Å²) in [5.74, 6) is 0. The topological polar surface area (TPSA) is 50.7 Å². The lowest BCUT2D eigenvalue weighted by molar-refractivity contribution is 0.111. The van der Waals surface area contributed by atoms with Crippen LogP contribution < -0.4 is 0 Å². The largest absolute Gasteiger partial charge is 0.357 e. The van der Waals surface area contributed by atoms with Crippen molar-refractivity contribution in [3.8, 4) is 6.07 Å². The SMILES string of the molecule is Cn1c(C#N)ccc1C=O.Cn1cccc1. The van der Waals surface area contributed by atoms with Crippen LogP contribution in [0, 0.1) is 11.3 Å². The molecule has 2 heterocycles. The second-order valence-electron chi connectivity index (χ2n) is 3.28. The van der Waals surface area contributed by atoms with Crippen molar-refractivity contribution in [3.63, 3.8) is 0 Å². The average Bonchev–Trinajstić information content (AvgIpc) is 2.88. The second-order valence-corrected chi connectivity index (χ2v) is 3.28. The Labute approximate surface area is 94.3 Å². The van der Waals surface area contributed by atoms with Crippen LogP contribution in [0.5, 0.6) is 0 Å². The van der Waals surface area contributed by atoms with Gasteiger partial charge < -0.3 is 9.13 Å². The molecule has 2 aromatic rings. The summed E-state index contributed by atoms with van der Waals surface area (Å²) < 4.78 is 3.55. The summed E-state index contributed by atoms with van der Waals surface area (Å²) in [6, 6.07) is 9.19. The molecule has 0 saturated heterocycles. The van der Waals surface area contributed by atoms with Crippen molar-refractivity contribution in [3.05, 3.63) is 48.0 Å². The van der Waals surface area contributed by atoms with Crippen LogP contribution >= 0.6 is 0 Å². The van der Waals surface area contributed by atoms with Crippen LogP contribution in [-0.4, -0.2) is 15.4 Å². The van der Waals surface area contributed by atoms with E-state index in [1.165, 1.54) is 0 Å². The number of carbonyl (C=O) groups excluding carboxylic acids is 1. The molecular formula is C12H13N3O. The normalized spacial score (nSPS) is 8.81. The molecule has 2 rings (SSSR count). The highest BCUT2D eigenvalue weighted by Gasteiger charge is 2.00. The maximum atomic E-state index is 10.2. The average molecular weight is 215 g/mol. The van der Waals surface area contributed by atoms with Crippen LogP contribution in [0.3, 0.4) is 0 Å². The Morgan fingerprint density at radius 2 is 1.88 bits per heavy atom. The van der Waals surface area contributed by atoms with E-state index in [0.29, 0.717) is 11.4 Å². The zero-order chi connectivity index (χ0) is 12.0. The van der Waals surface area contributed by atoms with E-state index in [1.54, 1.807) is 23.7 Å². The standard InChI is InChI=1S/C7H6N2O.C5H7N/c1-9-6(4-8)2-3-7(9)5-10;1-6-4-2-3-5-6/h2-3,5H,1H3;2-5H,1H3. The first-order chi connectivity index (χ1) is 7.69. The minimum Gasteiger partial charge on any atom is -0.357 e. The minimum atomic E-state index is 0.502. The molecule has 0 unspecified atom stereocenters. The first-order valence-electron chi connectivity index (χ1n) is 4.77. The van der Waals surface area contributed by atoms with Gasteiger partial charge in [0.1, 0.15) is 11.8 Å². The third kappa shape index (κ3) is 2.85. The van der Waals surface area contributed by atoms with Gasteiger partial charge in [-0.1, -0.05) is 0 Å². The third-order valence-corrected chi connectivity index (χ3v) is 2.15. The van der Waals surface area contributed by atoms with Crippen molar-refractivity contribution < 1.29 is 4.79 Å². The second kappa shape index (κ2) is 5.56. The highest BCUT2D eigenvalue weighted by atomic mass is 16.1. The van der Waals surface area contributed by atoms with Gasteiger partial charge in [0.05, 0.1) is 5.69 Å². The highest BCUT2D eigenvalue weighted by Crippen LogP contribution is 2.02. The lowest BCUT2D eigenvalue weighted by atomic mass is 10.4. The molecule has 0 fully saturated rings. The van der Waals surface area contributed by atoms with E-state index in [1.807, 2.05) is 42.2 Å². The number of aromatic nitrogens is 2. The fourth-order valence-electron chi connectivity index (χ4n) is 1.18. The molecule has 0 spiro atoms. The Hall–Kier alpha value is -2.28. The maximum Gasteiger partial charge on any atom is 0.166 e. The maximum absolute atomic E-state index is 10.2. The van der Waals surface area contributed by atoms with Crippen molar-refractivity contribution in [2.24, 2.45) is 14.1 Å². The summed E-state index contributed by atoms with van der Waals surface area (Å²) in [4.78, 5) is 10.2. The fraction of sp³-hybridized carbons (Fsp3) is 0.167. The van der Waals surface area contributed by atoms with E-state index in [2.05, 4.69) is 0 Å². The lowest BCUT2D eigenvalue weighted by Gasteiger charge is -1.93. The van der Waals surface area contributed by atoms with Crippen LogP contribution in [0.4, 0.5) is 0 Å². The van der Waals surface area contributed by atoms with Gasteiger partial charge in [0.15, 0.2) is 6.29 Å². The van der Waals surface area contributed by atoms with Crippen LogP contribution in [0.2, 0.25) is 0 Å². The smallest absolute Gasteiger partial charge is 0.166 e. The van der Waals surface area contributed by atoms with E-state index < -0.39 is 0 Å². The molecule has 0 aliphatic heterocycles. The number of nitrogens with zero attached hydrogens (tertiary/aromatic N) is 3. The van der Waals surface area contributed by atoms with E-state index in [9.17, 15) is 4.79 Å². The van der Waals surface area contributed by atoms with E-state index in [-0.39, 0.29) is 0 Å². The summed E-state index contributed by atoms with van der Waals surface area (Å²) in [6.07, 6.45) is 4.72. The van der Waals surface area contributed by atoms with Crippen LogP contribution in [0.25, 0.3) is 0 Å². The van der Waals surface area contributed by atoms with Crippen molar-refractivity contribution in [2.45, 2.75) is 0 Å². The molecule has 0 aliphatic carbocycles. The number of aryl methyl sites for hydroxylation is 1. The van der Waals surface area contributed by atoms with Crippen LogP contribution in [0.1, 0.15) is 16.2 Å².